The number of ether oxygens (including phenoxy) is 1. The first-order valence-electron chi connectivity index (χ1n) is 9.08. The van der Waals surface area contributed by atoms with E-state index < -0.39 is 5.78 Å². The van der Waals surface area contributed by atoms with Crippen LogP contribution in [0, 0.1) is 0 Å². The zero-order valence-electron chi connectivity index (χ0n) is 15.1. The summed E-state index contributed by atoms with van der Waals surface area (Å²) in [5.41, 5.74) is 7.96. The lowest BCUT2D eigenvalue weighted by atomic mass is 9.82. The number of fused-ring (bicyclic) bond motifs is 2. The number of phenolic OH excluding ortho intramolecular Hbond substituents is 1. The smallest absolute Gasteiger partial charge is 0.198 e. The predicted octanol–water partition coefficient (Wildman–Crippen LogP) is 3.76. The number of benzene rings is 3. The second-order valence-electron chi connectivity index (χ2n) is 6.70. The molecule has 28 heavy (non-hydrogen) atoms. The zero-order chi connectivity index (χ0) is 19.7. The predicted molar refractivity (Wildman–Crippen MR) is 106 cm³/mol. The number of ketones is 2. The highest BCUT2D eigenvalue weighted by molar-refractivity contribution is 6.31. The van der Waals surface area contributed by atoms with Gasteiger partial charge in [0.2, 0.25) is 0 Å². The van der Waals surface area contributed by atoms with E-state index in [1.807, 2.05) is 30.3 Å². The van der Waals surface area contributed by atoms with Gasteiger partial charge >= 0.3 is 0 Å². The minimum Gasteiger partial charge on any atom is -0.507 e. The number of aromatic hydroxyl groups is 1. The molecule has 3 aromatic carbocycles. The lowest BCUT2D eigenvalue weighted by Gasteiger charge is -2.21. The largest absolute Gasteiger partial charge is 0.507 e. The fourth-order valence-electron chi connectivity index (χ4n) is 3.50. The second kappa shape index (κ2) is 7.19. The standard InChI is InChI=1S/C23H19NO4/c24-21-18(28-12-6-9-14-7-2-1-3-8-14)13-17(25)19-20(21)23(27)16-11-5-4-10-15(16)22(19)26/h1-5,7-8,10-11,13,25H,6,9,12,24H2. The molecule has 1 aliphatic carbocycles. The Balaban J connectivity index is 1.59. The third-order valence-corrected chi connectivity index (χ3v) is 4.89. The van der Waals surface area contributed by atoms with E-state index in [0.717, 1.165) is 12.8 Å². The monoisotopic (exact) mass is 373 g/mol. The maximum atomic E-state index is 12.9. The highest BCUT2D eigenvalue weighted by Crippen LogP contribution is 2.41. The molecule has 4 rings (SSSR count). The van der Waals surface area contributed by atoms with Crippen molar-refractivity contribution in [3.63, 3.8) is 0 Å². The van der Waals surface area contributed by atoms with Gasteiger partial charge in [-0.05, 0) is 18.4 Å². The Kier molecular flexibility index (Phi) is 4.57. The number of phenols is 1. The van der Waals surface area contributed by atoms with E-state index in [0.29, 0.717) is 6.61 Å². The van der Waals surface area contributed by atoms with E-state index in [2.05, 4.69) is 0 Å². The molecule has 0 amide bonds. The molecule has 0 heterocycles. The van der Waals surface area contributed by atoms with Crippen LogP contribution in [0.4, 0.5) is 5.69 Å². The number of hydrogen-bond acceptors (Lipinski definition) is 5. The van der Waals surface area contributed by atoms with E-state index in [-0.39, 0.29) is 45.2 Å². The minimum atomic E-state index is -0.412. The van der Waals surface area contributed by atoms with Crippen LogP contribution in [0.5, 0.6) is 11.5 Å². The first-order chi connectivity index (χ1) is 13.6. The lowest BCUT2D eigenvalue weighted by Crippen LogP contribution is -2.23. The average molecular weight is 373 g/mol. The van der Waals surface area contributed by atoms with Gasteiger partial charge in [-0.3, -0.25) is 9.59 Å². The molecule has 0 radical (unpaired) electrons. The fourth-order valence-corrected chi connectivity index (χ4v) is 3.50. The summed E-state index contributed by atoms with van der Waals surface area (Å²) in [6, 6.07) is 17.9. The van der Waals surface area contributed by atoms with E-state index in [9.17, 15) is 14.7 Å². The summed E-state index contributed by atoms with van der Waals surface area (Å²) in [5.74, 6) is -0.877. The van der Waals surface area contributed by atoms with Crippen molar-refractivity contribution in [2.45, 2.75) is 12.8 Å². The molecule has 140 valence electrons. The molecule has 0 saturated carbocycles. The second-order valence-corrected chi connectivity index (χ2v) is 6.70. The molecule has 0 saturated heterocycles. The Labute approximate surface area is 162 Å². The van der Waals surface area contributed by atoms with Crippen LogP contribution in [-0.2, 0) is 6.42 Å². The molecular formula is C23H19NO4. The zero-order valence-corrected chi connectivity index (χ0v) is 15.1. The van der Waals surface area contributed by atoms with E-state index in [4.69, 9.17) is 10.5 Å². The van der Waals surface area contributed by atoms with Gasteiger partial charge in [-0.25, -0.2) is 0 Å². The van der Waals surface area contributed by atoms with Gasteiger partial charge in [0.1, 0.15) is 11.5 Å². The molecule has 0 aliphatic heterocycles. The molecule has 3 aromatic rings. The van der Waals surface area contributed by atoms with E-state index in [1.165, 1.54) is 11.6 Å². The normalized spacial score (nSPS) is 12.4. The van der Waals surface area contributed by atoms with Crippen molar-refractivity contribution in [1.82, 2.24) is 0 Å². The molecule has 5 heteroatoms. The van der Waals surface area contributed by atoms with E-state index in [1.54, 1.807) is 24.3 Å². The Morgan fingerprint density at radius 1 is 0.857 bits per heavy atom. The summed E-state index contributed by atoms with van der Waals surface area (Å²) < 4.78 is 5.73. The summed E-state index contributed by atoms with van der Waals surface area (Å²) in [7, 11) is 0. The van der Waals surface area contributed by atoms with Gasteiger partial charge in [0.05, 0.1) is 23.4 Å². The third kappa shape index (κ3) is 3.01. The van der Waals surface area contributed by atoms with Crippen LogP contribution in [0.2, 0.25) is 0 Å². The third-order valence-electron chi connectivity index (χ3n) is 4.89. The molecule has 1 aliphatic rings. The van der Waals surface area contributed by atoms with Gasteiger partial charge in [-0.15, -0.1) is 0 Å². The van der Waals surface area contributed by atoms with Crippen molar-refractivity contribution in [2.24, 2.45) is 0 Å². The number of anilines is 1. The van der Waals surface area contributed by atoms with Crippen molar-refractivity contribution >= 4 is 17.3 Å². The highest BCUT2D eigenvalue weighted by Gasteiger charge is 2.35. The van der Waals surface area contributed by atoms with Crippen LogP contribution in [0.25, 0.3) is 0 Å². The van der Waals surface area contributed by atoms with Crippen LogP contribution >= 0.6 is 0 Å². The molecule has 0 unspecified atom stereocenters. The first kappa shape index (κ1) is 17.8. The van der Waals surface area contributed by atoms with Crippen molar-refractivity contribution in [1.29, 1.82) is 0 Å². The molecule has 0 bridgehead atoms. The Morgan fingerprint density at radius 3 is 2.14 bits per heavy atom. The molecular weight excluding hydrogens is 354 g/mol. The molecule has 5 nitrogen and oxygen atoms in total. The number of rotatable bonds is 5. The fraction of sp³-hybridized carbons (Fsp3) is 0.130. The summed E-state index contributed by atoms with van der Waals surface area (Å²) in [5, 5.41) is 10.4. The number of hydrogen-bond donors (Lipinski definition) is 2. The molecule has 0 aromatic heterocycles. The van der Waals surface area contributed by atoms with Crippen LogP contribution in [0.15, 0.2) is 60.7 Å². The number of carbonyl (C=O) groups is 2. The summed E-state index contributed by atoms with van der Waals surface area (Å²) in [6.45, 7) is 0.371. The molecule has 0 spiro atoms. The summed E-state index contributed by atoms with van der Waals surface area (Å²) >= 11 is 0. The minimum absolute atomic E-state index is 0.0155. The van der Waals surface area contributed by atoms with Gasteiger partial charge in [-0.2, -0.15) is 0 Å². The van der Waals surface area contributed by atoms with Gasteiger partial charge < -0.3 is 15.6 Å². The van der Waals surface area contributed by atoms with Crippen LogP contribution in [-0.4, -0.2) is 23.3 Å². The lowest BCUT2D eigenvalue weighted by molar-refractivity contribution is 0.0977. The van der Waals surface area contributed by atoms with Crippen LogP contribution in [0.3, 0.4) is 0 Å². The Morgan fingerprint density at radius 2 is 1.46 bits per heavy atom. The van der Waals surface area contributed by atoms with Crippen molar-refractivity contribution in [3.8, 4) is 11.5 Å². The van der Waals surface area contributed by atoms with Gasteiger partial charge in [0, 0.05) is 17.2 Å². The number of nitrogens with two attached hydrogens (primary N) is 1. The van der Waals surface area contributed by atoms with Gasteiger partial charge in [0.15, 0.2) is 11.6 Å². The maximum Gasteiger partial charge on any atom is 0.198 e. The topological polar surface area (TPSA) is 89.6 Å². The Bertz CT molecular complexity index is 1070. The van der Waals surface area contributed by atoms with Gasteiger partial charge in [0.25, 0.3) is 0 Å². The average Bonchev–Trinajstić information content (AvgIpc) is 2.72. The molecule has 0 fully saturated rings. The quantitative estimate of drug-likeness (QED) is 0.316. The molecule has 0 atom stereocenters. The van der Waals surface area contributed by atoms with Crippen molar-refractivity contribution in [2.75, 3.05) is 12.3 Å². The first-order valence-corrected chi connectivity index (χ1v) is 9.08. The van der Waals surface area contributed by atoms with Crippen LogP contribution in [0.1, 0.15) is 43.8 Å². The van der Waals surface area contributed by atoms with Gasteiger partial charge in [-0.1, -0.05) is 54.6 Å². The number of aryl methyl sites for hydroxylation is 1. The van der Waals surface area contributed by atoms with Crippen molar-refractivity contribution < 1.29 is 19.4 Å². The summed E-state index contributed by atoms with van der Waals surface area (Å²) in [6.07, 6.45) is 1.58. The maximum absolute atomic E-state index is 12.9. The molecule has 3 N–H and O–H groups in total. The van der Waals surface area contributed by atoms with E-state index >= 15 is 0 Å². The number of carbonyl (C=O) groups excluding carboxylic acids is 2. The number of nitrogen functional groups attached to an aromatic ring is 1. The van der Waals surface area contributed by atoms with Crippen LogP contribution < -0.4 is 10.5 Å². The Hall–Kier alpha value is -3.60. The SMILES string of the molecule is Nc1c(OCCCc2ccccc2)cc(O)c2c1C(=O)c1ccccc1C2=O. The highest BCUT2D eigenvalue weighted by atomic mass is 16.5. The summed E-state index contributed by atoms with van der Waals surface area (Å²) in [4.78, 5) is 25.6. The van der Waals surface area contributed by atoms with Crippen molar-refractivity contribution in [3.05, 3.63) is 88.5 Å².